The lowest BCUT2D eigenvalue weighted by molar-refractivity contribution is -0.138. The molecule has 3 heterocycles. The first-order chi connectivity index (χ1) is 12.3. The molecule has 0 aliphatic carbocycles. The average Bonchev–Trinajstić information content (AvgIpc) is 3.11. The summed E-state index contributed by atoms with van der Waals surface area (Å²) in [6.45, 7) is 0.396. The molecule has 0 spiro atoms. The molecular weight excluding hydrogens is 347 g/mol. The van der Waals surface area contributed by atoms with Crippen LogP contribution in [-0.4, -0.2) is 39.2 Å². The molecule has 1 aliphatic heterocycles. The van der Waals surface area contributed by atoms with Crippen LogP contribution in [0, 0.1) is 5.92 Å². The number of carbonyl (C=O) groups excluding carboxylic acids is 1. The average molecular weight is 367 g/mol. The Kier molecular flexibility index (Phi) is 4.99. The molecule has 0 aromatic carbocycles. The topological polar surface area (TPSA) is 63.1 Å². The normalized spacial score (nSPS) is 20.8. The van der Waals surface area contributed by atoms with Crippen molar-refractivity contribution >= 4 is 5.91 Å². The number of nitrogens with one attached hydrogen (secondary N) is 1. The Morgan fingerprint density at radius 2 is 2.12 bits per heavy atom. The van der Waals surface area contributed by atoms with Crippen molar-refractivity contribution in [3.8, 4) is 0 Å². The van der Waals surface area contributed by atoms with E-state index in [1.54, 1.807) is 29.9 Å². The number of pyridine rings is 1. The van der Waals surface area contributed by atoms with Gasteiger partial charge >= 0.3 is 6.18 Å². The zero-order chi connectivity index (χ0) is 18.9. The van der Waals surface area contributed by atoms with Gasteiger partial charge in [0.25, 0.3) is 0 Å². The highest BCUT2D eigenvalue weighted by atomic mass is 19.4. The van der Waals surface area contributed by atoms with Crippen molar-refractivity contribution in [3.63, 3.8) is 0 Å². The predicted molar refractivity (Wildman–Crippen MR) is 87.8 cm³/mol. The molecule has 2 atom stereocenters. The fourth-order valence-corrected chi connectivity index (χ4v) is 3.44. The van der Waals surface area contributed by atoms with Gasteiger partial charge in [-0.3, -0.25) is 14.5 Å². The molecule has 0 unspecified atom stereocenters. The minimum absolute atomic E-state index is 0.0101. The summed E-state index contributed by atoms with van der Waals surface area (Å²) in [4.78, 5) is 17.6. The molecule has 0 bridgehead atoms. The lowest BCUT2D eigenvalue weighted by atomic mass is 9.95. The van der Waals surface area contributed by atoms with Crippen LogP contribution in [0.15, 0.2) is 30.7 Å². The summed E-state index contributed by atoms with van der Waals surface area (Å²) in [5.74, 6) is -0.0331. The van der Waals surface area contributed by atoms with Crippen LogP contribution >= 0.6 is 0 Å². The zero-order valence-corrected chi connectivity index (χ0v) is 14.5. The molecular formula is C17H20F3N5O. The van der Waals surface area contributed by atoms with E-state index in [-0.39, 0.29) is 30.1 Å². The largest absolute Gasteiger partial charge is 0.418 e. The number of rotatable bonds is 5. The number of halogens is 3. The van der Waals surface area contributed by atoms with Gasteiger partial charge in [-0.25, -0.2) is 0 Å². The fraction of sp³-hybridized carbons (Fsp3) is 0.471. The predicted octanol–water partition coefficient (Wildman–Crippen LogP) is 2.14. The van der Waals surface area contributed by atoms with Gasteiger partial charge in [0.1, 0.15) is 0 Å². The number of nitrogens with zero attached hydrogens (tertiary/aromatic N) is 4. The Labute approximate surface area is 149 Å². The van der Waals surface area contributed by atoms with Gasteiger partial charge in [0, 0.05) is 57.5 Å². The monoisotopic (exact) mass is 367 g/mol. The quantitative estimate of drug-likeness (QED) is 0.880. The first kappa shape index (κ1) is 18.4. The van der Waals surface area contributed by atoms with Crippen molar-refractivity contribution in [2.75, 3.05) is 13.6 Å². The summed E-state index contributed by atoms with van der Waals surface area (Å²) >= 11 is 0. The van der Waals surface area contributed by atoms with Gasteiger partial charge in [-0.2, -0.15) is 18.3 Å². The maximum atomic E-state index is 13.0. The second-order valence-corrected chi connectivity index (χ2v) is 6.49. The van der Waals surface area contributed by atoms with Gasteiger partial charge in [0.05, 0.1) is 23.5 Å². The number of likely N-dealkylation sites (tertiary alicyclic amines) is 1. The van der Waals surface area contributed by atoms with Crippen molar-refractivity contribution in [1.82, 2.24) is 25.0 Å². The molecule has 1 amide bonds. The van der Waals surface area contributed by atoms with Crippen LogP contribution in [0.3, 0.4) is 0 Å². The number of hydrogen-bond donors (Lipinski definition) is 1. The first-order valence-electron chi connectivity index (χ1n) is 8.23. The van der Waals surface area contributed by atoms with Gasteiger partial charge in [0.15, 0.2) is 0 Å². The second kappa shape index (κ2) is 7.06. The Bertz CT molecular complexity index is 789. The number of carbonyl (C=O) groups is 1. The van der Waals surface area contributed by atoms with E-state index in [4.69, 9.17) is 0 Å². The molecule has 1 fully saturated rings. The third-order valence-corrected chi connectivity index (χ3v) is 4.65. The number of aromatic nitrogens is 3. The Balaban J connectivity index is 1.69. The third-order valence-electron chi connectivity index (χ3n) is 4.65. The van der Waals surface area contributed by atoms with E-state index in [0.29, 0.717) is 13.0 Å². The number of aryl methyl sites for hydroxylation is 1. The van der Waals surface area contributed by atoms with Crippen molar-refractivity contribution in [2.24, 2.45) is 13.0 Å². The van der Waals surface area contributed by atoms with Gasteiger partial charge in [0.2, 0.25) is 5.91 Å². The minimum Gasteiger partial charge on any atom is -0.338 e. The number of hydrogen-bond acceptors (Lipinski definition) is 4. The molecule has 6 nitrogen and oxygen atoms in total. The SMILES string of the molecule is CN1C(=O)C[C@@H](CNCc2ncccc2C(F)(F)F)[C@@H]1c1cnn(C)c1. The van der Waals surface area contributed by atoms with Gasteiger partial charge in [-0.05, 0) is 12.1 Å². The summed E-state index contributed by atoms with van der Waals surface area (Å²) in [5.41, 5.74) is 0.132. The molecule has 26 heavy (non-hydrogen) atoms. The Morgan fingerprint density at radius 1 is 1.35 bits per heavy atom. The highest BCUT2D eigenvalue weighted by Crippen LogP contribution is 2.36. The summed E-state index contributed by atoms with van der Waals surface area (Å²) in [6, 6.07) is 2.15. The van der Waals surface area contributed by atoms with Crippen LogP contribution in [-0.2, 0) is 24.6 Å². The van der Waals surface area contributed by atoms with E-state index in [2.05, 4.69) is 15.4 Å². The van der Waals surface area contributed by atoms with Crippen LogP contribution in [0.5, 0.6) is 0 Å². The van der Waals surface area contributed by atoms with Crippen molar-refractivity contribution < 1.29 is 18.0 Å². The van der Waals surface area contributed by atoms with Gasteiger partial charge < -0.3 is 10.2 Å². The van der Waals surface area contributed by atoms with Crippen LogP contribution < -0.4 is 5.32 Å². The zero-order valence-electron chi connectivity index (χ0n) is 14.5. The molecule has 2 aromatic rings. The second-order valence-electron chi connectivity index (χ2n) is 6.49. The van der Waals surface area contributed by atoms with E-state index in [0.717, 1.165) is 11.6 Å². The van der Waals surface area contributed by atoms with Crippen LogP contribution in [0.25, 0.3) is 0 Å². The standard InChI is InChI=1S/C17H20F3N5O/c1-24-10-12(8-23-24)16-11(6-15(26)25(16)2)7-21-9-14-13(17(18,19)20)4-3-5-22-14/h3-5,8,10-11,16,21H,6-7,9H2,1-2H3/t11-,16+/m0/s1. The molecule has 9 heteroatoms. The molecule has 0 radical (unpaired) electrons. The molecule has 3 rings (SSSR count). The van der Waals surface area contributed by atoms with E-state index >= 15 is 0 Å². The molecule has 0 saturated carbocycles. The highest BCUT2D eigenvalue weighted by Gasteiger charge is 2.39. The molecule has 140 valence electrons. The van der Waals surface area contributed by atoms with Gasteiger partial charge in [-0.1, -0.05) is 0 Å². The lowest BCUT2D eigenvalue weighted by Gasteiger charge is -2.24. The van der Waals surface area contributed by atoms with Crippen molar-refractivity contribution in [2.45, 2.75) is 25.2 Å². The highest BCUT2D eigenvalue weighted by molar-refractivity contribution is 5.79. The smallest absolute Gasteiger partial charge is 0.338 e. The molecule has 1 saturated heterocycles. The van der Waals surface area contributed by atoms with E-state index in [1.165, 1.54) is 12.3 Å². The summed E-state index contributed by atoms with van der Waals surface area (Å²) < 4.78 is 40.8. The summed E-state index contributed by atoms with van der Waals surface area (Å²) in [5, 5.41) is 7.18. The van der Waals surface area contributed by atoms with E-state index < -0.39 is 11.7 Å². The van der Waals surface area contributed by atoms with Crippen LogP contribution in [0.4, 0.5) is 13.2 Å². The fourth-order valence-electron chi connectivity index (χ4n) is 3.44. The van der Waals surface area contributed by atoms with Gasteiger partial charge in [-0.15, -0.1) is 0 Å². The number of alkyl halides is 3. The molecule has 1 N–H and O–H groups in total. The minimum atomic E-state index is -4.44. The summed E-state index contributed by atoms with van der Waals surface area (Å²) in [6.07, 6.45) is 0.822. The Hall–Kier alpha value is -2.42. The number of amides is 1. The first-order valence-corrected chi connectivity index (χ1v) is 8.23. The molecule has 1 aliphatic rings. The maximum Gasteiger partial charge on any atom is 0.418 e. The lowest BCUT2D eigenvalue weighted by Crippen LogP contribution is -2.29. The van der Waals surface area contributed by atoms with Crippen molar-refractivity contribution in [3.05, 3.63) is 47.5 Å². The van der Waals surface area contributed by atoms with Crippen molar-refractivity contribution in [1.29, 1.82) is 0 Å². The Morgan fingerprint density at radius 3 is 2.77 bits per heavy atom. The maximum absolute atomic E-state index is 13.0. The molecule has 2 aromatic heterocycles. The summed E-state index contributed by atoms with van der Waals surface area (Å²) in [7, 11) is 3.54. The van der Waals surface area contributed by atoms with E-state index in [9.17, 15) is 18.0 Å². The third kappa shape index (κ3) is 3.72. The van der Waals surface area contributed by atoms with Crippen LogP contribution in [0.2, 0.25) is 0 Å². The van der Waals surface area contributed by atoms with Crippen LogP contribution in [0.1, 0.15) is 29.3 Å². The van der Waals surface area contributed by atoms with E-state index in [1.807, 2.05) is 6.20 Å².